The van der Waals surface area contributed by atoms with E-state index >= 15 is 0 Å². The van der Waals surface area contributed by atoms with E-state index < -0.39 is 0 Å². The summed E-state index contributed by atoms with van der Waals surface area (Å²) in [5, 5.41) is 4.93. The highest BCUT2D eigenvalue weighted by Gasteiger charge is 2.13. The van der Waals surface area contributed by atoms with Crippen LogP contribution < -0.4 is 10.2 Å². The van der Waals surface area contributed by atoms with Gasteiger partial charge >= 0.3 is 0 Å². The normalized spacial score (nSPS) is 12.1. The van der Waals surface area contributed by atoms with Crippen LogP contribution >= 0.6 is 0 Å². The fourth-order valence-electron chi connectivity index (χ4n) is 3.29. The number of nitrogens with one attached hydrogen (secondary N) is 1. The molecule has 32 heavy (non-hydrogen) atoms. The molecular formula is C27H25N3O2. The fraction of sp³-hybridized carbons (Fsp3) is 0.148. The Morgan fingerprint density at radius 1 is 1.03 bits per heavy atom. The summed E-state index contributed by atoms with van der Waals surface area (Å²) in [6, 6.07) is 26.9. The predicted octanol–water partition coefficient (Wildman–Crippen LogP) is 5.84. The fourth-order valence-corrected chi connectivity index (χ4v) is 3.29. The lowest BCUT2D eigenvalue weighted by Gasteiger charge is -2.12. The number of aromatic nitrogens is 1. The van der Waals surface area contributed by atoms with Crippen molar-refractivity contribution in [3.63, 3.8) is 0 Å². The summed E-state index contributed by atoms with van der Waals surface area (Å²) in [4.78, 5) is 17.7. The zero-order valence-electron chi connectivity index (χ0n) is 18.2. The molecule has 5 heteroatoms. The molecule has 1 atom stereocenters. The monoisotopic (exact) mass is 423 g/mol. The van der Waals surface area contributed by atoms with Gasteiger partial charge in [-0.05, 0) is 55.3 Å². The van der Waals surface area contributed by atoms with Gasteiger partial charge < -0.3 is 4.74 Å². The molecule has 0 bridgehead atoms. The molecule has 3 aromatic carbocycles. The van der Waals surface area contributed by atoms with Crippen molar-refractivity contribution < 1.29 is 9.53 Å². The van der Waals surface area contributed by atoms with Crippen molar-refractivity contribution >= 4 is 23.0 Å². The Hall–Kier alpha value is -3.99. The highest BCUT2D eigenvalue weighted by molar-refractivity contribution is 6.07. The number of carbonyl (C=O) groups is 1. The molecule has 1 aromatic heterocycles. The lowest BCUT2D eigenvalue weighted by Crippen LogP contribution is -2.18. The Balaban J connectivity index is 1.53. The number of fused-ring (bicyclic) bond motifs is 1. The van der Waals surface area contributed by atoms with Crippen molar-refractivity contribution in [3.8, 4) is 17.0 Å². The van der Waals surface area contributed by atoms with Gasteiger partial charge in [0.25, 0.3) is 5.91 Å². The maximum Gasteiger partial charge on any atom is 0.272 e. The molecule has 4 rings (SSSR count). The second-order valence-corrected chi connectivity index (χ2v) is 7.54. The van der Waals surface area contributed by atoms with Gasteiger partial charge in [0.15, 0.2) is 0 Å². The van der Waals surface area contributed by atoms with E-state index in [-0.39, 0.29) is 12.0 Å². The smallest absolute Gasteiger partial charge is 0.272 e. The number of nitrogens with zero attached hydrogens (tertiary/aromatic N) is 2. The van der Waals surface area contributed by atoms with E-state index in [0.29, 0.717) is 5.56 Å². The number of carbonyl (C=O) groups excluding carboxylic acids is 1. The van der Waals surface area contributed by atoms with Gasteiger partial charge in [-0.1, -0.05) is 55.5 Å². The topological polar surface area (TPSA) is 63.6 Å². The minimum absolute atomic E-state index is 0.171. The van der Waals surface area contributed by atoms with Crippen LogP contribution in [0.25, 0.3) is 22.2 Å². The Morgan fingerprint density at radius 2 is 1.75 bits per heavy atom. The number of pyridine rings is 1. The van der Waals surface area contributed by atoms with Crippen LogP contribution in [-0.4, -0.2) is 23.2 Å². The summed E-state index contributed by atoms with van der Waals surface area (Å²) in [7, 11) is 0. The Morgan fingerprint density at radius 3 is 2.50 bits per heavy atom. The van der Waals surface area contributed by atoms with E-state index in [1.807, 2.05) is 91.9 Å². The van der Waals surface area contributed by atoms with Crippen LogP contribution in [0.4, 0.5) is 0 Å². The van der Waals surface area contributed by atoms with Gasteiger partial charge in [0.1, 0.15) is 5.75 Å². The first-order valence-corrected chi connectivity index (χ1v) is 10.7. The van der Waals surface area contributed by atoms with Gasteiger partial charge in [0.2, 0.25) is 0 Å². The Bertz CT molecular complexity index is 1230. The molecule has 0 saturated heterocycles. The molecule has 0 unspecified atom stereocenters. The molecular weight excluding hydrogens is 398 g/mol. The molecule has 0 aliphatic heterocycles. The van der Waals surface area contributed by atoms with Crippen molar-refractivity contribution in [2.75, 3.05) is 0 Å². The van der Waals surface area contributed by atoms with Gasteiger partial charge in [-0.15, -0.1) is 0 Å². The molecule has 4 aromatic rings. The van der Waals surface area contributed by atoms with Crippen molar-refractivity contribution in [3.05, 3.63) is 96.1 Å². The zero-order chi connectivity index (χ0) is 22.3. The van der Waals surface area contributed by atoms with Crippen LogP contribution in [0, 0.1) is 0 Å². The van der Waals surface area contributed by atoms with Crippen LogP contribution in [-0.2, 0) is 0 Å². The number of hydrogen-bond donors (Lipinski definition) is 1. The van der Waals surface area contributed by atoms with E-state index in [0.717, 1.165) is 39.9 Å². The standard InChI is InChI=1S/C27H25N3O2/c1-3-19(2)32-22-15-13-20(14-16-22)18-28-30-27(31)24-17-26(21-9-5-4-6-10-21)29-25-12-8-7-11-23(24)25/h4-19H,3H2,1-2H3,(H,30,31)/b28-18+/t19-/m1/s1. The third-order valence-corrected chi connectivity index (χ3v) is 5.20. The number of hydrogen-bond acceptors (Lipinski definition) is 4. The van der Waals surface area contributed by atoms with E-state index in [1.54, 1.807) is 6.21 Å². The summed E-state index contributed by atoms with van der Waals surface area (Å²) in [6.07, 6.45) is 2.74. The van der Waals surface area contributed by atoms with Crippen molar-refractivity contribution in [2.45, 2.75) is 26.4 Å². The van der Waals surface area contributed by atoms with Gasteiger partial charge in [-0.25, -0.2) is 10.4 Å². The second-order valence-electron chi connectivity index (χ2n) is 7.54. The van der Waals surface area contributed by atoms with E-state index in [2.05, 4.69) is 17.5 Å². The number of hydrazone groups is 1. The van der Waals surface area contributed by atoms with Crippen LogP contribution in [0.3, 0.4) is 0 Å². The first-order valence-electron chi connectivity index (χ1n) is 10.7. The largest absolute Gasteiger partial charge is 0.491 e. The van der Waals surface area contributed by atoms with Crippen LogP contribution in [0.1, 0.15) is 36.2 Å². The van der Waals surface area contributed by atoms with Crippen molar-refractivity contribution in [1.29, 1.82) is 0 Å². The van der Waals surface area contributed by atoms with Crippen LogP contribution in [0.15, 0.2) is 90.0 Å². The number of ether oxygens (including phenoxy) is 1. The Kier molecular flexibility index (Phi) is 6.56. The molecule has 0 saturated carbocycles. The third kappa shape index (κ3) is 5.01. The molecule has 160 valence electrons. The van der Waals surface area contributed by atoms with Gasteiger partial charge in [0.05, 0.1) is 29.1 Å². The maximum atomic E-state index is 13.0. The van der Waals surface area contributed by atoms with Crippen molar-refractivity contribution in [1.82, 2.24) is 10.4 Å². The molecule has 0 radical (unpaired) electrons. The lowest BCUT2D eigenvalue weighted by atomic mass is 10.0. The molecule has 0 aliphatic rings. The first kappa shape index (κ1) is 21.2. The zero-order valence-corrected chi connectivity index (χ0v) is 18.2. The number of para-hydroxylation sites is 1. The second kappa shape index (κ2) is 9.88. The highest BCUT2D eigenvalue weighted by atomic mass is 16.5. The third-order valence-electron chi connectivity index (χ3n) is 5.20. The molecule has 0 aliphatic carbocycles. The predicted molar refractivity (Wildman–Crippen MR) is 129 cm³/mol. The molecule has 0 fully saturated rings. The summed E-state index contributed by atoms with van der Waals surface area (Å²) in [6.45, 7) is 4.13. The summed E-state index contributed by atoms with van der Waals surface area (Å²) in [5.74, 6) is 0.533. The van der Waals surface area contributed by atoms with Crippen LogP contribution in [0.2, 0.25) is 0 Å². The first-order chi connectivity index (χ1) is 15.6. The summed E-state index contributed by atoms with van der Waals surface area (Å²) >= 11 is 0. The van der Waals surface area contributed by atoms with Gasteiger partial charge in [-0.2, -0.15) is 5.10 Å². The Labute approximate surface area is 187 Å². The van der Waals surface area contributed by atoms with E-state index in [9.17, 15) is 4.79 Å². The number of rotatable bonds is 7. The highest BCUT2D eigenvalue weighted by Crippen LogP contribution is 2.24. The van der Waals surface area contributed by atoms with Gasteiger partial charge in [0, 0.05) is 10.9 Å². The molecule has 5 nitrogen and oxygen atoms in total. The van der Waals surface area contributed by atoms with Crippen LogP contribution in [0.5, 0.6) is 5.75 Å². The lowest BCUT2D eigenvalue weighted by molar-refractivity contribution is 0.0956. The molecule has 1 amide bonds. The SMILES string of the molecule is CC[C@@H](C)Oc1ccc(/C=N/NC(=O)c2cc(-c3ccccc3)nc3ccccc23)cc1. The number of benzene rings is 3. The average molecular weight is 424 g/mol. The quantitative estimate of drug-likeness (QED) is 0.300. The van der Waals surface area contributed by atoms with Crippen molar-refractivity contribution in [2.24, 2.45) is 5.10 Å². The van der Waals surface area contributed by atoms with E-state index in [4.69, 9.17) is 9.72 Å². The average Bonchev–Trinajstić information content (AvgIpc) is 2.84. The summed E-state index contributed by atoms with van der Waals surface area (Å²) < 4.78 is 5.79. The maximum absolute atomic E-state index is 13.0. The summed E-state index contributed by atoms with van der Waals surface area (Å²) in [5.41, 5.74) is 6.51. The minimum Gasteiger partial charge on any atom is -0.491 e. The molecule has 0 spiro atoms. The van der Waals surface area contributed by atoms with Gasteiger partial charge in [-0.3, -0.25) is 4.79 Å². The molecule has 1 heterocycles. The minimum atomic E-state index is -0.284. The number of amides is 1. The molecule has 1 N–H and O–H groups in total. The van der Waals surface area contributed by atoms with E-state index in [1.165, 1.54) is 0 Å².